The van der Waals surface area contributed by atoms with Crippen LogP contribution in [-0.2, 0) is 6.42 Å². The van der Waals surface area contributed by atoms with E-state index < -0.39 is 23.3 Å². The molecular formula is C42H50F4. The van der Waals surface area contributed by atoms with Gasteiger partial charge >= 0.3 is 0 Å². The predicted molar refractivity (Wildman–Crippen MR) is 184 cm³/mol. The molecule has 0 N–H and O–H groups in total. The van der Waals surface area contributed by atoms with Gasteiger partial charge in [0.1, 0.15) is 0 Å². The Bertz CT molecular complexity index is 1490. The van der Waals surface area contributed by atoms with Crippen LogP contribution in [-0.4, -0.2) is 0 Å². The number of unbranched alkanes of at least 4 members (excludes halogenated alkanes) is 4. The van der Waals surface area contributed by atoms with E-state index >= 15 is 13.2 Å². The molecule has 1 saturated carbocycles. The fourth-order valence-electron chi connectivity index (χ4n) is 7.75. The van der Waals surface area contributed by atoms with E-state index in [1.165, 1.54) is 38.5 Å². The van der Waals surface area contributed by atoms with E-state index in [2.05, 4.69) is 32.1 Å². The maximum atomic E-state index is 15.5. The molecule has 46 heavy (non-hydrogen) atoms. The van der Waals surface area contributed by atoms with Gasteiger partial charge in [-0.1, -0.05) is 112 Å². The van der Waals surface area contributed by atoms with Crippen molar-refractivity contribution in [3.63, 3.8) is 0 Å². The Kier molecular flexibility index (Phi) is 12.4. The van der Waals surface area contributed by atoms with Crippen molar-refractivity contribution in [2.75, 3.05) is 0 Å². The summed E-state index contributed by atoms with van der Waals surface area (Å²) < 4.78 is 60.8. The Balaban J connectivity index is 1.21. The number of aryl methyl sites for hydroxylation is 1. The topological polar surface area (TPSA) is 0 Å². The molecule has 0 saturated heterocycles. The minimum Gasteiger partial charge on any atom is -0.203 e. The van der Waals surface area contributed by atoms with E-state index in [-0.39, 0.29) is 11.1 Å². The first-order chi connectivity index (χ1) is 22.4. The number of halogens is 4. The Morgan fingerprint density at radius 1 is 0.652 bits per heavy atom. The molecule has 246 valence electrons. The molecule has 2 aliphatic carbocycles. The molecule has 0 spiro atoms. The lowest BCUT2D eigenvalue weighted by Crippen LogP contribution is -2.23. The van der Waals surface area contributed by atoms with Gasteiger partial charge < -0.3 is 0 Å². The van der Waals surface area contributed by atoms with Gasteiger partial charge in [-0.25, -0.2) is 17.6 Å². The number of benzene rings is 3. The third-order valence-corrected chi connectivity index (χ3v) is 10.6. The van der Waals surface area contributed by atoms with Crippen molar-refractivity contribution < 1.29 is 17.6 Å². The maximum absolute atomic E-state index is 15.5. The predicted octanol–water partition coefficient (Wildman–Crippen LogP) is 13.4. The minimum absolute atomic E-state index is 0.165. The molecular weight excluding hydrogens is 580 g/mol. The number of hydrogen-bond donors (Lipinski definition) is 0. The third kappa shape index (κ3) is 8.22. The zero-order valence-corrected chi connectivity index (χ0v) is 27.7. The van der Waals surface area contributed by atoms with Crippen LogP contribution in [0.3, 0.4) is 0 Å². The molecule has 3 aromatic rings. The highest BCUT2D eigenvalue weighted by Gasteiger charge is 2.29. The van der Waals surface area contributed by atoms with Gasteiger partial charge in [0.15, 0.2) is 23.3 Å². The van der Waals surface area contributed by atoms with Gasteiger partial charge in [-0.2, -0.15) is 0 Å². The van der Waals surface area contributed by atoms with Crippen molar-refractivity contribution in [2.24, 2.45) is 17.8 Å². The maximum Gasteiger partial charge on any atom is 0.167 e. The standard InChI is InChI=1S/C42H50F4/c1-3-5-7-8-10-12-35-25-26-36(40(44)39(35)43)33-21-23-34(24-22-33)38-28-27-37(41(45)42(38)46)32-19-17-31(18-20-32)30-15-13-29(14-16-30)11-9-6-4-2/h4,6,19,21-31H,3,5,7-18,20H2,1-2H3. The average molecular weight is 631 g/mol. The second-order valence-corrected chi connectivity index (χ2v) is 13.6. The van der Waals surface area contributed by atoms with Crippen LogP contribution in [0.5, 0.6) is 0 Å². The highest BCUT2D eigenvalue weighted by Crippen LogP contribution is 2.43. The molecule has 0 aliphatic heterocycles. The molecule has 2 aliphatic rings. The number of hydrogen-bond acceptors (Lipinski definition) is 0. The molecule has 0 heterocycles. The summed E-state index contributed by atoms with van der Waals surface area (Å²) in [7, 11) is 0. The van der Waals surface area contributed by atoms with Crippen LogP contribution in [0.2, 0.25) is 0 Å². The van der Waals surface area contributed by atoms with E-state index in [0.717, 1.165) is 68.8 Å². The first kappa shape index (κ1) is 34.2. The fraction of sp³-hybridized carbons (Fsp3) is 0.476. The highest BCUT2D eigenvalue weighted by molar-refractivity contribution is 5.74. The van der Waals surface area contributed by atoms with E-state index in [9.17, 15) is 4.39 Å². The molecule has 0 amide bonds. The summed E-state index contributed by atoms with van der Waals surface area (Å²) in [5.41, 5.74) is 2.98. The quantitative estimate of drug-likeness (QED) is 0.100. The lowest BCUT2D eigenvalue weighted by atomic mass is 9.70. The summed E-state index contributed by atoms with van der Waals surface area (Å²) in [6.45, 7) is 4.23. The fourth-order valence-corrected chi connectivity index (χ4v) is 7.75. The summed E-state index contributed by atoms with van der Waals surface area (Å²) in [5.74, 6) is -1.12. The molecule has 1 unspecified atom stereocenters. The molecule has 0 aromatic heterocycles. The SMILES string of the molecule is CC=CCCC1CCC(C2CC=C(c3ccc(-c4ccc(-c5ccc(CCCCCCC)c(F)c5F)cc4)c(F)c3F)CC2)CC1. The minimum atomic E-state index is -0.870. The van der Waals surface area contributed by atoms with Crippen LogP contribution >= 0.6 is 0 Å². The van der Waals surface area contributed by atoms with E-state index in [1.807, 2.05) is 0 Å². The van der Waals surface area contributed by atoms with Crippen molar-refractivity contribution >= 4 is 5.57 Å². The molecule has 1 fully saturated rings. The van der Waals surface area contributed by atoms with E-state index in [0.29, 0.717) is 34.6 Å². The Morgan fingerprint density at radius 3 is 1.89 bits per heavy atom. The molecule has 4 heteroatoms. The molecule has 3 aromatic carbocycles. The lowest BCUT2D eigenvalue weighted by Gasteiger charge is -2.35. The van der Waals surface area contributed by atoms with Crippen molar-refractivity contribution in [1.82, 2.24) is 0 Å². The normalized spacial score (nSPS) is 20.3. The summed E-state index contributed by atoms with van der Waals surface area (Å²) in [5, 5.41) is 0. The number of allylic oxidation sites excluding steroid dienone is 4. The molecule has 0 radical (unpaired) electrons. The average Bonchev–Trinajstić information content (AvgIpc) is 3.08. The van der Waals surface area contributed by atoms with Crippen LogP contribution in [0.1, 0.15) is 115 Å². The zero-order valence-electron chi connectivity index (χ0n) is 27.7. The smallest absolute Gasteiger partial charge is 0.167 e. The molecule has 0 nitrogen and oxygen atoms in total. The molecule has 1 atom stereocenters. The van der Waals surface area contributed by atoms with Gasteiger partial charge in [-0.15, -0.1) is 0 Å². The largest absolute Gasteiger partial charge is 0.203 e. The van der Waals surface area contributed by atoms with Crippen molar-refractivity contribution in [3.05, 3.63) is 101 Å². The lowest BCUT2D eigenvalue weighted by molar-refractivity contribution is 0.190. The third-order valence-electron chi connectivity index (χ3n) is 10.6. The van der Waals surface area contributed by atoms with Crippen LogP contribution in [0.4, 0.5) is 17.6 Å². The second-order valence-electron chi connectivity index (χ2n) is 13.6. The van der Waals surface area contributed by atoms with Gasteiger partial charge in [0, 0.05) is 16.7 Å². The van der Waals surface area contributed by atoms with Crippen LogP contribution in [0.15, 0.2) is 66.8 Å². The van der Waals surface area contributed by atoms with Gasteiger partial charge in [0.2, 0.25) is 0 Å². The molecule has 5 rings (SSSR count). The van der Waals surface area contributed by atoms with E-state index in [4.69, 9.17) is 0 Å². The number of rotatable bonds is 13. The van der Waals surface area contributed by atoms with E-state index in [1.54, 1.807) is 48.5 Å². The van der Waals surface area contributed by atoms with Crippen molar-refractivity contribution in [1.29, 1.82) is 0 Å². The Labute approximate surface area is 274 Å². The highest BCUT2D eigenvalue weighted by atomic mass is 19.2. The van der Waals surface area contributed by atoms with Gasteiger partial charge in [-0.3, -0.25) is 0 Å². The zero-order chi connectivity index (χ0) is 32.5. The van der Waals surface area contributed by atoms with Gasteiger partial charge in [0.05, 0.1) is 0 Å². The van der Waals surface area contributed by atoms with Gasteiger partial charge in [-0.05, 0) is 105 Å². The monoisotopic (exact) mass is 630 g/mol. The van der Waals surface area contributed by atoms with Crippen LogP contribution in [0, 0.1) is 41.0 Å². The Morgan fingerprint density at radius 2 is 1.26 bits per heavy atom. The van der Waals surface area contributed by atoms with Crippen LogP contribution in [0.25, 0.3) is 27.8 Å². The van der Waals surface area contributed by atoms with Crippen molar-refractivity contribution in [2.45, 2.75) is 110 Å². The summed E-state index contributed by atoms with van der Waals surface area (Å²) in [4.78, 5) is 0. The molecule has 0 bridgehead atoms. The summed E-state index contributed by atoms with van der Waals surface area (Å²) in [6, 6.07) is 13.2. The second kappa shape index (κ2) is 16.6. The van der Waals surface area contributed by atoms with Crippen LogP contribution < -0.4 is 0 Å². The van der Waals surface area contributed by atoms with Gasteiger partial charge in [0.25, 0.3) is 0 Å². The Hall–Kier alpha value is -3.14. The summed E-state index contributed by atoms with van der Waals surface area (Å²) in [6.07, 6.45) is 22.7. The first-order valence-corrected chi connectivity index (χ1v) is 17.8. The first-order valence-electron chi connectivity index (χ1n) is 17.8. The summed E-state index contributed by atoms with van der Waals surface area (Å²) >= 11 is 0. The van der Waals surface area contributed by atoms with Crippen molar-refractivity contribution in [3.8, 4) is 22.3 Å².